The van der Waals surface area contributed by atoms with Gasteiger partial charge in [-0.2, -0.15) is 0 Å². The molecule has 3 aliphatic rings. The molecule has 3 heterocycles. The fraction of sp³-hybridized carbons (Fsp3) is 0.647. The van der Waals surface area contributed by atoms with Gasteiger partial charge in [-0.1, -0.05) is 12.1 Å². The predicted octanol–water partition coefficient (Wildman–Crippen LogP) is 2.03. The first-order valence-corrected chi connectivity index (χ1v) is 8.34. The van der Waals surface area contributed by atoms with Crippen LogP contribution >= 0.6 is 0 Å². The summed E-state index contributed by atoms with van der Waals surface area (Å²) in [6.07, 6.45) is 4.33. The lowest BCUT2D eigenvalue weighted by atomic mass is 10.2. The molecular weight excluding hydrogens is 262 g/mol. The molecule has 4 nitrogen and oxygen atoms in total. The Morgan fingerprint density at radius 1 is 1.14 bits per heavy atom. The third-order valence-corrected chi connectivity index (χ3v) is 5.05. The molecule has 1 N–H and O–H groups in total. The zero-order valence-electron chi connectivity index (χ0n) is 12.6. The predicted molar refractivity (Wildman–Crippen MR) is 85.0 cm³/mol. The minimum absolute atomic E-state index is 0.271. The summed E-state index contributed by atoms with van der Waals surface area (Å²) in [5, 5.41) is 3.50. The first-order chi connectivity index (χ1) is 10.4. The quantitative estimate of drug-likeness (QED) is 0.901. The Morgan fingerprint density at radius 2 is 2.05 bits per heavy atom. The number of nitrogens with zero attached hydrogens (tertiary/aromatic N) is 2. The van der Waals surface area contributed by atoms with Crippen molar-refractivity contribution in [1.29, 1.82) is 0 Å². The van der Waals surface area contributed by atoms with Gasteiger partial charge in [-0.3, -0.25) is 9.80 Å². The van der Waals surface area contributed by atoms with E-state index in [1.54, 1.807) is 0 Å². The zero-order valence-corrected chi connectivity index (χ0v) is 12.6. The molecule has 2 atom stereocenters. The second-order valence-corrected chi connectivity index (χ2v) is 6.56. The minimum atomic E-state index is 0.271. The van der Waals surface area contributed by atoms with Crippen LogP contribution < -0.4 is 10.1 Å². The fourth-order valence-electron chi connectivity index (χ4n) is 4.00. The highest BCUT2D eigenvalue weighted by molar-refractivity contribution is 5.57. The number of benzene rings is 1. The number of hydrogen-bond donors (Lipinski definition) is 1. The Labute approximate surface area is 127 Å². The van der Waals surface area contributed by atoms with Crippen LogP contribution in [0.4, 0.5) is 5.69 Å². The maximum absolute atomic E-state index is 6.17. The van der Waals surface area contributed by atoms with Crippen LogP contribution in [-0.4, -0.2) is 61.2 Å². The summed E-state index contributed by atoms with van der Waals surface area (Å²) in [6.45, 7) is 7.00. The molecule has 1 aromatic carbocycles. The normalized spacial score (nSPS) is 29.9. The number of nitrogens with one attached hydrogen (secondary N) is 1. The van der Waals surface area contributed by atoms with Crippen molar-refractivity contribution in [2.24, 2.45) is 0 Å². The number of rotatable bonds is 2. The van der Waals surface area contributed by atoms with Crippen LogP contribution in [0.15, 0.2) is 24.3 Å². The van der Waals surface area contributed by atoms with E-state index in [1.165, 1.54) is 45.4 Å². The summed E-state index contributed by atoms with van der Waals surface area (Å²) in [5.74, 6) is 1.01. The molecule has 2 saturated heterocycles. The Hall–Kier alpha value is -1.26. The highest BCUT2D eigenvalue weighted by Gasteiger charge is 2.30. The highest BCUT2D eigenvalue weighted by Crippen LogP contribution is 2.29. The highest BCUT2D eigenvalue weighted by atomic mass is 16.5. The van der Waals surface area contributed by atoms with Crippen molar-refractivity contribution in [3.8, 4) is 5.75 Å². The lowest BCUT2D eigenvalue weighted by molar-refractivity contribution is 0.129. The van der Waals surface area contributed by atoms with Crippen LogP contribution in [0.1, 0.15) is 19.3 Å². The van der Waals surface area contributed by atoms with Gasteiger partial charge in [-0.15, -0.1) is 0 Å². The van der Waals surface area contributed by atoms with Crippen molar-refractivity contribution in [2.75, 3.05) is 44.6 Å². The summed E-state index contributed by atoms with van der Waals surface area (Å²) in [6, 6.07) is 9.05. The van der Waals surface area contributed by atoms with Gasteiger partial charge in [0.1, 0.15) is 11.9 Å². The summed E-state index contributed by atoms with van der Waals surface area (Å²) in [7, 11) is 0. The van der Waals surface area contributed by atoms with Crippen molar-refractivity contribution in [2.45, 2.75) is 31.4 Å². The summed E-state index contributed by atoms with van der Waals surface area (Å²) in [4.78, 5) is 5.31. The second kappa shape index (κ2) is 5.85. The van der Waals surface area contributed by atoms with E-state index in [2.05, 4.69) is 33.3 Å². The Kier molecular flexibility index (Phi) is 3.74. The van der Waals surface area contributed by atoms with E-state index >= 15 is 0 Å². The number of para-hydroxylation sites is 2. The molecule has 21 heavy (non-hydrogen) atoms. The number of ether oxygens (including phenoxy) is 1. The van der Waals surface area contributed by atoms with E-state index in [0.717, 1.165) is 30.6 Å². The van der Waals surface area contributed by atoms with Gasteiger partial charge < -0.3 is 10.1 Å². The smallest absolute Gasteiger partial charge is 0.142 e. The van der Waals surface area contributed by atoms with Gasteiger partial charge in [0.25, 0.3) is 0 Å². The number of hydrogen-bond acceptors (Lipinski definition) is 4. The average Bonchev–Trinajstić information content (AvgIpc) is 2.86. The van der Waals surface area contributed by atoms with Gasteiger partial charge in [-0.05, 0) is 51.0 Å². The van der Waals surface area contributed by atoms with E-state index in [-0.39, 0.29) is 6.10 Å². The molecule has 2 fully saturated rings. The molecule has 114 valence electrons. The average molecular weight is 287 g/mol. The Morgan fingerprint density at radius 3 is 3.05 bits per heavy atom. The Balaban J connectivity index is 1.38. The first-order valence-electron chi connectivity index (χ1n) is 8.34. The molecule has 0 amide bonds. The van der Waals surface area contributed by atoms with Crippen molar-refractivity contribution in [3.05, 3.63) is 24.3 Å². The number of anilines is 1. The van der Waals surface area contributed by atoms with E-state index in [4.69, 9.17) is 4.74 Å². The monoisotopic (exact) mass is 287 g/mol. The first kappa shape index (κ1) is 13.4. The van der Waals surface area contributed by atoms with Gasteiger partial charge in [0.15, 0.2) is 0 Å². The van der Waals surface area contributed by atoms with Gasteiger partial charge in [-0.25, -0.2) is 0 Å². The van der Waals surface area contributed by atoms with Crippen molar-refractivity contribution >= 4 is 5.69 Å². The fourth-order valence-corrected chi connectivity index (χ4v) is 4.00. The molecule has 0 aromatic heterocycles. The molecule has 2 unspecified atom stereocenters. The van der Waals surface area contributed by atoms with Crippen LogP contribution in [0.2, 0.25) is 0 Å². The summed E-state index contributed by atoms with van der Waals surface area (Å²) < 4.78 is 6.17. The third kappa shape index (κ3) is 2.87. The van der Waals surface area contributed by atoms with Crippen molar-refractivity contribution in [3.63, 3.8) is 0 Å². The van der Waals surface area contributed by atoms with E-state index < -0.39 is 0 Å². The topological polar surface area (TPSA) is 27.7 Å². The van der Waals surface area contributed by atoms with E-state index in [9.17, 15) is 0 Å². The van der Waals surface area contributed by atoms with Crippen LogP contribution in [0.3, 0.4) is 0 Å². The molecule has 0 aliphatic carbocycles. The molecule has 1 aromatic rings. The van der Waals surface area contributed by atoms with Gasteiger partial charge in [0.05, 0.1) is 12.2 Å². The van der Waals surface area contributed by atoms with Crippen LogP contribution in [0.25, 0.3) is 0 Å². The standard InChI is InChI=1S/C17H25N3O/c1-2-7-17-16(6-1)18-11-15(21-17)13-19-8-4-10-20-9-3-5-14(20)12-19/h1-2,6-7,14-15,18H,3-5,8-13H2. The largest absolute Gasteiger partial charge is 0.485 e. The number of fused-ring (bicyclic) bond motifs is 2. The van der Waals surface area contributed by atoms with Gasteiger partial charge in [0, 0.05) is 19.1 Å². The summed E-state index contributed by atoms with van der Waals surface area (Å²) in [5.41, 5.74) is 1.13. The van der Waals surface area contributed by atoms with Crippen LogP contribution in [0, 0.1) is 0 Å². The second-order valence-electron chi connectivity index (χ2n) is 6.56. The maximum Gasteiger partial charge on any atom is 0.142 e. The molecule has 3 aliphatic heterocycles. The van der Waals surface area contributed by atoms with E-state index in [0.29, 0.717) is 0 Å². The molecule has 0 spiro atoms. The van der Waals surface area contributed by atoms with Crippen LogP contribution in [-0.2, 0) is 0 Å². The lowest BCUT2D eigenvalue weighted by Gasteiger charge is -2.32. The van der Waals surface area contributed by atoms with Crippen molar-refractivity contribution in [1.82, 2.24) is 9.80 Å². The molecule has 4 heteroatoms. The van der Waals surface area contributed by atoms with Gasteiger partial charge in [0.2, 0.25) is 0 Å². The molecular formula is C17H25N3O. The van der Waals surface area contributed by atoms with Crippen molar-refractivity contribution < 1.29 is 4.74 Å². The van der Waals surface area contributed by atoms with Gasteiger partial charge >= 0.3 is 0 Å². The maximum atomic E-state index is 6.17. The molecule has 0 saturated carbocycles. The molecule has 4 rings (SSSR count). The Bertz CT molecular complexity index is 493. The molecule has 0 radical (unpaired) electrons. The molecule has 0 bridgehead atoms. The van der Waals surface area contributed by atoms with Crippen LogP contribution in [0.5, 0.6) is 5.75 Å². The van der Waals surface area contributed by atoms with E-state index in [1.807, 2.05) is 6.07 Å². The SMILES string of the molecule is c1ccc2c(c1)NCC(CN1CCCN3CCCC3C1)O2. The third-order valence-electron chi connectivity index (χ3n) is 5.05. The summed E-state index contributed by atoms with van der Waals surface area (Å²) >= 11 is 0. The zero-order chi connectivity index (χ0) is 14.1. The minimum Gasteiger partial charge on any atom is -0.485 e. The lowest BCUT2D eigenvalue weighted by Crippen LogP contribution is -2.44.